The van der Waals surface area contributed by atoms with E-state index in [1.165, 1.54) is 0 Å². The van der Waals surface area contributed by atoms with Crippen molar-refractivity contribution >= 4 is 27.3 Å². The van der Waals surface area contributed by atoms with Crippen LogP contribution in [0.25, 0.3) is 0 Å². The molecule has 0 aromatic carbocycles. The van der Waals surface area contributed by atoms with Gasteiger partial charge in [-0.25, -0.2) is 0 Å². The minimum Gasteiger partial charge on any atom is -0.396 e. The molecule has 0 aliphatic heterocycles. The summed E-state index contributed by atoms with van der Waals surface area (Å²) in [7, 11) is 1.90. The molecule has 0 aliphatic rings. The van der Waals surface area contributed by atoms with Crippen LogP contribution in [0.4, 0.5) is 11.4 Å². The number of anilines is 2. The molecule has 0 atom stereocenters. The number of nitrogens with two attached hydrogens (primary N) is 1. The third kappa shape index (κ3) is 2.36. The predicted molar refractivity (Wildman–Crippen MR) is 59.8 cm³/mol. The standard InChI is InChI=1S/C9H11BrN4/c1-14(4-2-3-11)9-7(10)5-13-6-8(9)12/h5-6H,2,4,12H2,1H3. The summed E-state index contributed by atoms with van der Waals surface area (Å²) in [5.41, 5.74) is 7.27. The average molecular weight is 255 g/mol. The zero-order valence-corrected chi connectivity index (χ0v) is 9.45. The van der Waals surface area contributed by atoms with Gasteiger partial charge in [0.05, 0.1) is 34.5 Å². The summed E-state index contributed by atoms with van der Waals surface area (Å²) >= 11 is 3.37. The van der Waals surface area contributed by atoms with Crippen molar-refractivity contribution in [3.05, 3.63) is 16.9 Å². The van der Waals surface area contributed by atoms with Gasteiger partial charge in [-0.05, 0) is 15.9 Å². The van der Waals surface area contributed by atoms with Gasteiger partial charge < -0.3 is 10.6 Å². The lowest BCUT2D eigenvalue weighted by Gasteiger charge is -2.20. The van der Waals surface area contributed by atoms with E-state index in [1.54, 1.807) is 12.4 Å². The van der Waals surface area contributed by atoms with Crippen molar-refractivity contribution in [3.63, 3.8) is 0 Å². The van der Waals surface area contributed by atoms with Crippen LogP contribution in [0, 0.1) is 11.3 Å². The Hall–Kier alpha value is -1.28. The lowest BCUT2D eigenvalue weighted by atomic mass is 10.3. The fraction of sp³-hybridized carbons (Fsp3) is 0.333. The number of nitrogen functional groups attached to an aromatic ring is 1. The highest BCUT2D eigenvalue weighted by Crippen LogP contribution is 2.30. The monoisotopic (exact) mass is 254 g/mol. The van der Waals surface area contributed by atoms with Gasteiger partial charge in [-0.15, -0.1) is 0 Å². The molecule has 5 heteroatoms. The first-order valence-corrected chi connectivity index (χ1v) is 4.93. The Morgan fingerprint density at radius 2 is 2.36 bits per heavy atom. The molecule has 0 radical (unpaired) electrons. The van der Waals surface area contributed by atoms with Gasteiger partial charge in [0.25, 0.3) is 0 Å². The molecule has 0 aliphatic carbocycles. The largest absolute Gasteiger partial charge is 0.396 e. The molecule has 1 aromatic heterocycles. The molecule has 74 valence electrons. The molecule has 2 N–H and O–H groups in total. The van der Waals surface area contributed by atoms with E-state index in [0.717, 1.165) is 10.2 Å². The third-order valence-electron chi connectivity index (χ3n) is 1.84. The van der Waals surface area contributed by atoms with Gasteiger partial charge in [-0.1, -0.05) is 0 Å². The molecule has 14 heavy (non-hydrogen) atoms. The van der Waals surface area contributed by atoms with Gasteiger partial charge in [0.15, 0.2) is 0 Å². The number of halogens is 1. The summed E-state index contributed by atoms with van der Waals surface area (Å²) in [5.74, 6) is 0. The van der Waals surface area contributed by atoms with E-state index in [1.807, 2.05) is 11.9 Å². The summed E-state index contributed by atoms with van der Waals surface area (Å²) in [6, 6.07) is 2.09. The maximum absolute atomic E-state index is 8.47. The molecule has 0 saturated heterocycles. The zero-order chi connectivity index (χ0) is 10.6. The molecule has 0 unspecified atom stereocenters. The van der Waals surface area contributed by atoms with Crippen LogP contribution in [0.3, 0.4) is 0 Å². The minimum atomic E-state index is 0.477. The fourth-order valence-electron chi connectivity index (χ4n) is 1.18. The molecule has 1 aromatic rings. The number of hydrogen-bond donors (Lipinski definition) is 1. The first kappa shape index (κ1) is 10.8. The second kappa shape index (κ2) is 4.82. The van der Waals surface area contributed by atoms with Crippen molar-refractivity contribution < 1.29 is 0 Å². The van der Waals surface area contributed by atoms with Crippen LogP contribution in [0.2, 0.25) is 0 Å². The number of aromatic nitrogens is 1. The zero-order valence-electron chi connectivity index (χ0n) is 7.87. The predicted octanol–water partition coefficient (Wildman–Crippen LogP) is 1.78. The Morgan fingerprint density at radius 1 is 1.64 bits per heavy atom. The molecule has 0 spiro atoms. The number of rotatable bonds is 3. The normalized spacial score (nSPS) is 9.50. The Morgan fingerprint density at radius 3 is 2.93 bits per heavy atom. The van der Waals surface area contributed by atoms with E-state index in [4.69, 9.17) is 11.0 Å². The van der Waals surface area contributed by atoms with Gasteiger partial charge in [-0.3, -0.25) is 4.98 Å². The van der Waals surface area contributed by atoms with Crippen LogP contribution in [0.15, 0.2) is 16.9 Å². The van der Waals surface area contributed by atoms with Crippen molar-refractivity contribution in [3.8, 4) is 6.07 Å². The summed E-state index contributed by atoms with van der Waals surface area (Å²) in [4.78, 5) is 5.88. The topological polar surface area (TPSA) is 65.9 Å². The van der Waals surface area contributed by atoms with Gasteiger partial charge in [-0.2, -0.15) is 5.26 Å². The third-order valence-corrected chi connectivity index (χ3v) is 2.42. The highest BCUT2D eigenvalue weighted by atomic mass is 79.9. The van der Waals surface area contributed by atoms with E-state index in [9.17, 15) is 0 Å². The minimum absolute atomic E-state index is 0.477. The summed E-state index contributed by atoms with van der Waals surface area (Å²) in [5, 5.41) is 8.47. The molecule has 0 bridgehead atoms. The number of hydrogen-bond acceptors (Lipinski definition) is 4. The van der Waals surface area contributed by atoms with Gasteiger partial charge in [0.1, 0.15) is 0 Å². The van der Waals surface area contributed by atoms with Crippen LogP contribution in [0.5, 0.6) is 0 Å². The fourth-order valence-corrected chi connectivity index (χ4v) is 1.83. The quantitative estimate of drug-likeness (QED) is 0.893. The van der Waals surface area contributed by atoms with E-state index in [2.05, 4.69) is 27.0 Å². The van der Waals surface area contributed by atoms with Crippen molar-refractivity contribution in [2.75, 3.05) is 24.2 Å². The summed E-state index contributed by atoms with van der Waals surface area (Å²) in [6.45, 7) is 0.656. The van der Waals surface area contributed by atoms with E-state index in [-0.39, 0.29) is 0 Å². The lowest BCUT2D eigenvalue weighted by Crippen LogP contribution is -2.20. The van der Waals surface area contributed by atoms with Gasteiger partial charge >= 0.3 is 0 Å². The molecule has 1 heterocycles. The lowest BCUT2D eigenvalue weighted by molar-refractivity contribution is 0.902. The maximum atomic E-state index is 8.47. The smallest absolute Gasteiger partial charge is 0.0773 e. The van der Waals surface area contributed by atoms with Crippen molar-refractivity contribution in [2.24, 2.45) is 0 Å². The van der Waals surface area contributed by atoms with E-state index < -0.39 is 0 Å². The van der Waals surface area contributed by atoms with Crippen molar-refractivity contribution in [1.82, 2.24) is 4.98 Å². The number of pyridine rings is 1. The van der Waals surface area contributed by atoms with Crippen molar-refractivity contribution in [2.45, 2.75) is 6.42 Å². The maximum Gasteiger partial charge on any atom is 0.0773 e. The number of nitrogens with zero attached hydrogens (tertiary/aromatic N) is 3. The van der Waals surface area contributed by atoms with Crippen LogP contribution in [-0.4, -0.2) is 18.6 Å². The molecule has 0 saturated carbocycles. The molecule has 1 rings (SSSR count). The van der Waals surface area contributed by atoms with Crippen molar-refractivity contribution in [1.29, 1.82) is 5.26 Å². The van der Waals surface area contributed by atoms with Crippen LogP contribution >= 0.6 is 15.9 Å². The number of nitriles is 1. The highest BCUT2D eigenvalue weighted by molar-refractivity contribution is 9.10. The SMILES string of the molecule is CN(CCC#N)c1c(N)cncc1Br. The molecule has 4 nitrogen and oxygen atoms in total. The summed E-state index contributed by atoms with van der Waals surface area (Å²) < 4.78 is 0.845. The Balaban J connectivity index is 2.89. The first-order valence-electron chi connectivity index (χ1n) is 4.14. The van der Waals surface area contributed by atoms with E-state index >= 15 is 0 Å². The molecule has 0 amide bonds. The molecular weight excluding hydrogens is 244 g/mol. The first-order chi connectivity index (χ1) is 6.66. The van der Waals surface area contributed by atoms with Gasteiger partial charge in [0, 0.05) is 19.8 Å². The van der Waals surface area contributed by atoms with Crippen LogP contribution < -0.4 is 10.6 Å². The highest BCUT2D eigenvalue weighted by Gasteiger charge is 2.09. The Kier molecular flexibility index (Phi) is 3.72. The van der Waals surface area contributed by atoms with Crippen LogP contribution in [-0.2, 0) is 0 Å². The Labute approximate surface area is 91.5 Å². The van der Waals surface area contributed by atoms with Crippen LogP contribution in [0.1, 0.15) is 6.42 Å². The van der Waals surface area contributed by atoms with E-state index in [0.29, 0.717) is 18.7 Å². The second-order valence-corrected chi connectivity index (χ2v) is 3.74. The molecular formula is C9H11BrN4. The molecule has 0 fully saturated rings. The average Bonchev–Trinajstić information content (AvgIpc) is 2.14. The Bertz CT molecular complexity index is 338. The summed E-state index contributed by atoms with van der Waals surface area (Å²) in [6.07, 6.45) is 3.77. The van der Waals surface area contributed by atoms with Gasteiger partial charge in [0.2, 0.25) is 0 Å². The second-order valence-electron chi connectivity index (χ2n) is 2.89.